The zero-order valence-electron chi connectivity index (χ0n) is 9.03. The van der Waals surface area contributed by atoms with Crippen LogP contribution in [0.4, 0.5) is 13.2 Å². The molecule has 17 heavy (non-hydrogen) atoms. The van der Waals surface area contributed by atoms with Crippen molar-refractivity contribution in [2.24, 2.45) is 5.92 Å². The maximum Gasteiger partial charge on any atom is 0.442 e. The molecule has 2 atom stereocenters. The molecule has 0 radical (unpaired) electrons. The number of hydrogen-bond acceptors (Lipinski definition) is 3. The number of carboxylic acids is 1. The molecule has 1 rings (SSSR count). The lowest BCUT2D eigenvalue weighted by atomic mass is 10.0. The number of carbonyl (C=O) groups excluding carboxylic acids is 1. The van der Waals surface area contributed by atoms with E-state index >= 15 is 0 Å². The predicted octanol–water partition coefficient (Wildman–Crippen LogP) is 1.56. The molecule has 0 aliphatic carbocycles. The molecule has 1 amide bonds. The highest BCUT2D eigenvalue weighted by Crippen LogP contribution is 2.31. The molecule has 1 heterocycles. The molecule has 0 aromatic rings. The predicted molar refractivity (Wildman–Crippen MR) is 55.4 cm³/mol. The minimum absolute atomic E-state index is 0.204. The number of alkyl halides is 3. The molecule has 0 bridgehead atoms. The van der Waals surface area contributed by atoms with Crippen molar-refractivity contribution < 1.29 is 27.9 Å². The molecule has 0 spiro atoms. The normalized spacial score (nSPS) is 25.1. The topological polar surface area (TPSA) is 57.6 Å². The van der Waals surface area contributed by atoms with E-state index in [0.29, 0.717) is 6.42 Å². The summed E-state index contributed by atoms with van der Waals surface area (Å²) < 4.78 is 35.7. The highest BCUT2D eigenvalue weighted by molar-refractivity contribution is 8.00. The maximum atomic E-state index is 11.9. The Morgan fingerprint density at radius 1 is 1.47 bits per heavy atom. The fourth-order valence-corrected chi connectivity index (χ4v) is 2.30. The highest BCUT2D eigenvalue weighted by atomic mass is 32.2. The van der Waals surface area contributed by atoms with Crippen LogP contribution in [0.2, 0.25) is 0 Å². The molecule has 0 aromatic carbocycles. The number of hydrogen-bond donors (Lipinski definition) is 1. The molecule has 0 saturated carbocycles. The molecule has 1 N–H and O–H groups in total. The van der Waals surface area contributed by atoms with Crippen LogP contribution in [0, 0.1) is 5.92 Å². The first kappa shape index (κ1) is 14.1. The van der Waals surface area contributed by atoms with Crippen molar-refractivity contribution in [2.75, 3.05) is 12.3 Å². The summed E-state index contributed by atoms with van der Waals surface area (Å²) in [4.78, 5) is 23.5. The lowest BCUT2D eigenvalue weighted by molar-refractivity contribution is -0.142. The first-order valence-corrected chi connectivity index (χ1v) is 5.94. The summed E-state index contributed by atoms with van der Waals surface area (Å²) in [6.07, 6.45) is 0.291. The lowest BCUT2D eigenvalue weighted by Gasteiger charge is -2.23. The second-order valence-corrected chi connectivity index (χ2v) is 4.84. The van der Waals surface area contributed by atoms with Crippen molar-refractivity contribution in [3.8, 4) is 0 Å². The third kappa shape index (κ3) is 3.79. The van der Waals surface area contributed by atoms with Crippen LogP contribution < -0.4 is 0 Å². The van der Waals surface area contributed by atoms with Gasteiger partial charge in [0.25, 0.3) is 0 Å². The largest absolute Gasteiger partial charge is 0.481 e. The van der Waals surface area contributed by atoms with Gasteiger partial charge in [0.2, 0.25) is 5.91 Å². The van der Waals surface area contributed by atoms with Gasteiger partial charge >= 0.3 is 11.5 Å². The number of aliphatic carboxylic acids is 1. The Labute approximate surface area is 100 Å². The van der Waals surface area contributed by atoms with E-state index in [1.54, 1.807) is 6.92 Å². The van der Waals surface area contributed by atoms with Gasteiger partial charge in [-0.15, -0.1) is 0 Å². The van der Waals surface area contributed by atoms with Gasteiger partial charge in [0, 0.05) is 12.6 Å². The van der Waals surface area contributed by atoms with Gasteiger partial charge in [-0.25, -0.2) is 0 Å². The van der Waals surface area contributed by atoms with Crippen molar-refractivity contribution in [3.63, 3.8) is 0 Å². The van der Waals surface area contributed by atoms with Crippen molar-refractivity contribution in [1.82, 2.24) is 4.90 Å². The minimum atomic E-state index is -4.44. The molecule has 98 valence electrons. The molecule has 4 nitrogen and oxygen atoms in total. The Morgan fingerprint density at radius 3 is 2.47 bits per heavy atom. The van der Waals surface area contributed by atoms with Crippen LogP contribution in [0.15, 0.2) is 0 Å². The van der Waals surface area contributed by atoms with Gasteiger partial charge in [0.15, 0.2) is 0 Å². The smallest absolute Gasteiger partial charge is 0.442 e. The molecule has 1 fully saturated rings. The van der Waals surface area contributed by atoms with Crippen molar-refractivity contribution in [1.29, 1.82) is 0 Å². The third-order valence-electron chi connectivity index (χ3n) is 2.75. The second-order valence-electron chi connectivity index (χ2n) is 3.80. The number of likely N-dealkylation sites (tertiary alicyclic amines) is 1. The summed E-state index contributed by atoms with van der Waals surface area (Å²) in [5.41, 5.74) is -4.44. The molecule has 2 unspecified atom stereocenters. The standard InChI is InChI=1S/C9H12F3NO3S/c1-5-6(8(15)16)2-3-13(5)7(14)4-17-9(10,11)12/h5-6H,2-4H2,1H3,(H,15,16). The molecule has 1 aliphatic rings. The zero-order chi connectivity index (χ0) is 13.2. The number of halogens is 3. The first-order chi connectivity index (χ1) is 7.72. The van der Waals surface area contributed by atoms with Crippen molar-refractivity contribution >= 4 is 23.6 Å². The molecule has 1 aliphatic heterocycles. The van der Waals surface area contributed by atoms with Gasteiger partial charge in [0.05, 0.1) is 11.7 Å². The average Bonchev–Trinajstić information content (AvgIpc) is 2.55. The molecule has 0 aromatic heterocycles. The fourth-order valence-electron chi connectivity index (χ4n) is 1.85. The van der Waals surface area contributed by atoms with Crippen LogP contribution in [0.1, 0.15) is 13.3 Å². The fraction of sp³-hybridized carbons (Fsp3) is 0.778. The average molecular weight is 271 g/mol. The van der Waals surface area contributed by atoms with Gasteiger partial charge in [0.1, 0.15) is 0 Å². The SMILES string of the molecule is CC1C(C(=O)O)CCN1C(=O)CSC(F)(F)F. The van der Waals surface area contributed by atoms with Crippen molar-refractivity contribution in [2.45, 2.75) is 24.9 Å². The van der Waals surface area contributed by atoms with Gasteiger partial charge in [-0.2, -0.15) is 13.2 Å². The van der Waals surface area contributed by atoms with E-state index in [-0.39, 0.29) is 6.54 Å². The molecule has 1 saturated heterocycles. The van der Waals surface area contributed by atoms with Crippen LogP contribution >= 0.6 is 11.8 Å². The summed E-state index contributed by atoms with van der Waals surface area (Å²) in [6.45, 7) is 1.75. The number of amides is 1. The third-order valence-corrected chi connectivity index (χ3v) is 3.47. The van der Waals surface area contributed by atoms with E-state index < -0.39 is 46.9 Å². The van der Waals surface area contributed by atoms with E-state index in [2.05, 4.69) is 0 Å². The maximum absolute atomic E-state index is 11.9. The van der Waals surface area contributed by atoms with Crippen LogP contribution in [-0.2, 0) is 9.59 Å². The van der Waals surface area contributed by atoms with Gasteiger partial charge in [-0.05, 0) is 25.1 Å². The summed E-state index contributed by atoms with van der Waals surface area (Å²) >= 11 is -0.398. The van der Waals surface area contributed by atoms with E-state index in [1.807, 2.05) is 0 Å². The summed E-state index contributed by atoms with van der Waals surface area (Å²) in [6, 6.07) is -0.547. The second kappa shape index (κ2) is 5.16. The quantitative estimate of drug-likeness (QED) is 0.846. The molecular weight excluding hydrogens is 259 g/mol. The van der Waals surface area contributed by atoms with E-state index in [1.165, 1.54) is 4.90 Å². The van der Waals surface area contributed by atoms with Crippen molar-refractivity contribution in [3.05, 3.63) is 0 Å². The monoisotopic (exact) mass is 271 g/mol. The van der Waals surface area contributed by atoms with E-state index in [9.17, 15) is 22.8 Å². The van der Waals surface area contributed by atoms with Gasteiger partial charge in [-0.3, -0.25) is 9.59 Å². The Kier molecular flexibility index (Phi) is 4.29. The Morgan fingerprint density at radius 2 is 2.06 bits per heavy atom. The van der Waals surface area contributed by atoms with Gasteiger partial charge in [-0.1, -0.05) is 0 Å². The number of rotatable bonds is 3. The number of thioether (sulfide) groups is 1. The highest BCUT2D eigenvalue weighted by Gasteiger charge is 2.39. The zero-order valence-corrected chi connectivity index (χ0v) is 9.85. The number of carboxylic acid groups (broad SMARTS) is 1. The Bertz CT molecular complexity index is 321. The molecule has 8 heteroatoms. The summed E-state index contributed by atoms with van der Waals surface area (Å²) in [5, 5.41) is 8.82. The van der Waals surface area contributed by atoms with E-state index in [0.717, 1.165) is 0 Å². The first-order valence-electron chi connectivity index (χ1n) is 4.95. The minimum Gasteiger partial charge on any atom is -0.481 e. The summed E-state index contributed by atoms with van der Waals surface area (Å²) in [5.74, 6) is -3.06. The Balaban J connectivity index is 2.52. The molecular formula is C9H12F3NO3S. The van der Waals surface area contributed by atoms with E-state index in [4.69, 9.17) is 5.11 Å². The van der Waals surface area contributed by atoms with Crippen LogP contribution in [0.5, 0.6) is 0 Å². The lowest BCUT2D eigenvalue weighted by Crippen LogP contribution is -2.39. The number of nitrogens with zero attached hydrogens (tertiary/aromatic N) is 1. The van der Waals surface area contributed by atoms with Crippen LogP contribution in [0.25, 0.3) is 0 Å². The Hall–Kier alpha value is -0.920. The van der Waals surface area contributed by atoms with Crippen LogP contribution in [-0.4, -0.2) is 45.7 Å². The summed E-state index contributed by atoms with van der Waals surface area (Å²) in [7, 11) is 0. The van der Waals surface area contributed by atoms with Crippen LogP contribution in [0.3, 0.4) is 0 Å². The number of carbonyl (C=O) groups is 2. The van der Waals surface area contributed by atoms with Gasteiger partial charge < -0.3 is 10.0 Å².